The zero-order chi connectivity index (χ0) is 22.2. The predicted molar refractivity (Wildman–Crippen MR) is 136 cm³/mol. The fraction of sp³-hybridized carbons (Fsp3) is 0.0323. The summed E-state index contributed by atoms with van der Waals surface area (Å²) in [5.74, 6) is -0.189. The number of benzene rings is 5. The number of halogens is 1. The Balaban J connectivity index is 1.74. The Hall–Kier alpha value is -3.62. The molecule has 0 spiro atoms. The average Bonchev–Trinajstić information content (AvgIpc) is 2.88. The van der Waals surface area contributed by atoms with Crippen molar-refractivity contribution in [2.45, 2.75) is 16.2 Å². The lowest BCUT2D eigenvalue weighted by Gasteiger charge is -2.27. The van der Waals surface area contributed by atoms with Gasteiger partial charge in [0, 0.05) is 21.8 Å². The molecule has 0 saturated heterocycles. The molecule has 158 valence electrons. The first kappa shape index (κ1) is 20.0. The second-order valence-corrected chi connectivity index (χ2v) is 9.33. The van der Waals surface area contributed by atoms with E-state index in [9.17, 15) is 0 Å². The molecule has 6 rings (SSSR count). The fourth-order valence-corrected chi connectivity index (χ4v) is 5.86. The van der Waals surface area contributed by atoms with Crippen molar-refractivity contribution >= 4 is 11.8 Å². The molecular formula is C31H21FS. The third-order valence-corrected chi connectivity index (χ3v) is 7.45. The van der Waals surface area contributed by atoms with E-state index in [0.29, 0.717) is 5.56 Å². The van der Waals surface area contributed by atoms with Crippen LogP contribution >= 0.6 is 11.8 Å². The first-order valence-corrected chi connectivity index (χ1v) is 11.9. The van der Waals surface area contributed by atoms with Gasteiger partial charge in [0.15, 0.2) is 0 Å². The van der Waals surface area contributed by atoms with E-state index in [0.717, 1.165) is 34.2 Å². The van der Waals surface area contributed by atoms with Crippen LogP contribution in [0.5, 0.6) is 0 Å². The minimum absolute atomic E-state index is 0.189. The average molecular weight is 445 g/mol. The van der Waals surface area contributed by atoms with Crippen LogP contribution in [0.2, 0.25) is 0 Å². The lowest BCUT2D eigenvalue weighted by atomic mass is 9.83. The molecule has 0 aromatic heterocycles. The lowest BCUT2D eigenvalue weighted by molar-refractivity contribution is 0.631. The Bertz CT molecular complexity index is 1460. The van der Waals surface area contributed by atoms with E-state index in [1.807, 2.05) is 24.3 Å². The molecule has 0 bridgehead atoms. The highest BCUT2D eigenvalue weighted by molar-refractivity contribution is 7.99. The Morgan fingerprint density at radius 1 is 0.545 bits per heavy atom. The van der Waals surface area contributed by atoms with Gasteiger partial charge in [-0.05, 0) is 57.1 Å². The molecule has 2 heteroatoms. The normalized spacial score (nSPS) is 12.2. The van der Waals surface area contributed by atoms with Gasteiger partial charge >= 0.3 is 0 Å². The summed E-state index contributed by atoms with van der Waals surface area (Å²) in [5, 5.41) is 0. The van der Waals surface area contributed by atoms with Gasteiger partial charge in [-0.1, -0.05) is 109 Å². The predicted octanol–water partition coefficient (Wildman–Crippen LogP) is 8.88. The first-order chi connectivity index (χ1) is 16.3. The summed E-state index contributed by atoms with van der Waals surface area (Å²) < 4.78 is 15.4. The third kappa shape index (κ3) is 3.57. The van der Waals surface area contributed by atoms with Crippen molar-refractivity contribution in [1.29, 1.82) is 0 Å². The summed E-state index contributed by atoms with van der Waals surface area (Å²) in [5.41, 5.74) is 8.60. The molecule has 0 unspecified atom stereocenters. The van der Waals surface area contributed by atoms with Crippen molar-refractivity contribution < 1.29 is 4.39 Å². The van der Waals surface area contributed by atoms with Gasteiger partial charge in [-0.15, -0.1) is 0 Å². The minimum Gasteiger partial charge on any atom is -0.206 e. The van der Waals surface area contributed by atoms with E-state index in [4.69, 9.17) is 0 Å². The molecule has 0 amide bonds. The van der Waals surface area contributed by atoms with Gasteiger partial charge in [0.25, 0.3) is 0 Å². The van der Waals surface area contributed by atoms with E-state index in [2.05, 4.69) is 78.9 Å². The van der Waals surface area contributed by atoms with Gasteiger partial charge < -0.3 is 0 Å². The minimum atomic E-state index is -0.189. The monoisotopic (exact) mass is 444 g/mol. The summed E-state index contributed by atoms with van der Waals surface area (Å²) in [4.78, 5) is 2.47. The molecule has 0 fully saturated rings. The highest BCUT2D eigenvalue weighted by Gasteiger charge is 2.26. The molecule has 1 heterocycles. The van der Waals surface area contributed by atoms with Crippen molar-refractivity contribution in [3.05, 3.63) is 132 Å². The van der Waals surface area contributed by atoms with Gasteiger partial charge in [0.05, 0.1) is 0 Å². The molecule has 1 aliphatic rings. The molecule has 0 N–H and O–H groups in total. The van der Waals surface area contributed by atoms with Crippen LogP contribution in [0, 0.1) is 5.82 Å². The Morgan fingerprint density at radius 3 is 1.94 bits per heavy atom. The smallest absolute Gasteiger partial charge is 0.131 e. The SMILES string of the molecule is Fc1ccccc1-c1c2c(cc(-c3ccccc3)c1-c1ccccc1)Sc1ccccc1C2. The second-order valence-electron chi connectivity index (χ2n) is 8.25. The van der Waals surface area contributed by atoms with E-state index < -0.39 is 0 Å². The molecule has 0 nitrogen and oxygen atoms in total. The van der Waals surface area contributed by atoms with Crippen LogP contribution in [-0.4, -0.2) is 0 Å². The number of hydrogen-bond acceptors (Lipinski definition) is 1. The molecular weight excluding hydrogens is 423 g/mol. The van der Waals surface area contributed by atoms with Crippen molar-refractivity contribution in [3.8, 4) is 33.4 Å². The zero-order valence-electron chi connectivity index (χ0n) is 18.0. The highest BCUT2D eigenvalue weighted by atomic mass is 32.2. The van der Waals surface area contributed by atoms with Gasteiger partial charge in [-0.25, -0.2) is 4.39 Å². The number of hydrogen-bond donors (Lipinski definition) is 0. The van der Waals surface area contributed by atoms with Crippen LogP contribution in [-0.2, 0) is 6.42 Å². The van der Waals surface area contributed by atoms with Crippen molar-refractivity contribution in [2.24, 2.45) is 0 Å². The van der Waals surface area contributed by atoms with Crippen LogP contribution in [0.4, 0.5) is 4.39 Å². The molecule has 0 atom stereocenters. The van der Waals surface area contributed by atoms with Gasteiger partial charge in [-0.3, -0.25) is 0 Å². The Morgan fingerprint density at radius 2 is 1.18 bits per heavy atom. The maximum atomic E-state index is 15.4. The summed E-state index contributed by atoms with van der Waals surface area (Å²) >= 11 is 1.79. The quantitative estimate of drug-likeness (QED) is 0.263. The fourth-order valence-electron chi connectivity index (χ4n) is 4.74. The summed E-state index contributed by atoms with van der Waals surface area (Å²) in [6.07, 6.45) is 0.789. The van der Waals surface area contributed by atoms with Crippen LogP contribution < -0.4 is 0 Å². The summed E-state index contributed by atoms with van der Waals surface area (Å²) in [6, 6.07) is 38.8. The maximum Gasteiger partial charge on any atom is 0.131 e. The molecule has 0 saturated carbocycles. The summed E-state index contributed by atoms with van der Waals surface area (Å²) in [7, 11) is 0. The zero-order valence-corrected chi connectivity index (χ0v) is 18.8. The standard InChI is InChI=1S/C31H21FS/c32-27-17-9-8-16-24(27)31-26-19-23-15-7-10-18-28(23)33-29(26)20-25(21-11-3-1-4-12-21)30(31)22-13-5-2-6-14-22/h1-18,20H,19H2. The summed E-state index contributed by atoms with van der Waals surface area (Å²) in [6.45, 7) is 0. The molecule has 0 radical (unpaired) electrons. The Kier molecular flexibility index (Phi) is 5.09. The van der Waals surface area contributed by atoms with Gasteiger partial charge in [0.2, 0.25) is 0 Å². The Labute approximate surface area is 197 Å². The maximum absolute atomic E-state index is 15.4. The highest BCUT2D eigenvalue weighted by Crippen LogP contribution is 2.50. The van der Waals surface area contributed by atoms with Gasteiger partial charge in [0.1, 0.15) is 5.82 Å². The van der Waals surface area contributed by atoms with Crippen molar-refractivity contribution in [1.82, 2.24) is 0 Å². The van der Waals surface area contributed by atoms with E-state index >= 15 is 4.39 Å². The topological polar surface area (TPSA) is 0 Å². The molecule has 0 aliphatic carbocycles. The molecule has 33 heavy (non-hydrogen) atoms. The van der Waals surface area contributed by atoms with Crippen LogP contribution in [0.25, 0.3) is 33.4 Å². The molecule has 5 aromatic rings. The number of fused-ring (bicyclic) bond motifs is 2. The third-order valence-electron chi connectivity index (χ3n) is 6.24. The lowest BCUT2D eigenvalue weighted by Crippen LogP contribution is -2.05. The van der Waals surface area contributed by atoms with Crippen molar-refractivity contribution in [2.75, 3.05) is 0 Å². The van der Waals surface area contributed by atoms with E-state index in [-0.39, 0.29) is 5.82 Å². The van der Waals surface area contributed by atoms with Gasteiger partial charge in [-0.2, -0.15) is 0 Å². The van der Waals surface area contributed by atoms with Crippen LogP contribution in [0.1, 0.15) is 11.1 Å². The first-order valence-electron chi connectivity index (χ1n) is 11.1. The molecule has 1 aliphatic heterocycles. The largest absolute Gasteiger partial charge is 0.206 e. The second kappa shape index (κ2) is 8.38. The van der Waals surface area contributed by atoms with Crippen LogP contribution in [0.15, 0.2) is 125 Å². The van der Waals surface area contributed by atoms with Crippen molar-refractivity contribution in [3.63, 3.8) is 0 Å². The number of rotatable bonds is 3. The van der Waals surface area contributed by atoms with E-state index in [1.54, 1.807) is 23.9 Å². The van der Waals surface area contributed by atoms with Crippen LogP contribution in [0.3, 0.4) is 0 Å². The van der Waals surface area contributed by atoms with E-state index in [1.165, 1.54) is 20.9 Å². The molecule has 5 aromatic carbocycles.